The van der Waals surface area contributed by atoms with E-state index in [1.54, 1.807) is 19.4 Å². The van der Waals surface area contributed by atoms with Crippen molar-refractivity contribution >= 4 is 16.8 Å². The highest BCUT2D eigenvalue weighted by Crippen LogP contribution is 2.33. The number of pyridine rings is 2. The minimum atomic E-state index is -0.149. The molecule has 1 N–H and O–H groups in total. The van der Waals surface area contributed by atoms with Crippen molar-refractivity contribution in [2.75, 3.05) is 7.11 Å². The largest absolute Gasteiger partial charge is 0.497 e. The number of carbonyl (C=O) groups is 1. The number of aryl methyl sites for hydroxylation is 2. The Kier molecular flexibility index (Phi) is 6.03. The number of benzene rings is 2. The molecule has 4 aromatic rings. The molecule has 0 saturated heterocycles. The van der Waals surface area contributed by atoms with E-state index in [1.165, 1.54) is 0 Å². The molecule has 0 unspecified atom stereocenters. The SMILES string of the molecule is COc1ccc2c(Oc3cccc(C(=O)NCc4cc(C)nc(C)c4)c3C)ccnc2c1. The lowest BCUT2D eigenvalue weighted by Gasteiger charge is -2.14. The third kappa shape index (κ3) is 4.54. The summed E-state index contributed by atoms with van der Waals surface area (Å²) in [6.45, 7) is 6.21. The molecule has 4 rings (SSSR count). The van der Waals surface area contributed by atoms with Crippen LogP contribution in [-0.4, -0.2) is 23.0 Å². The zero-order chi connectivity index (χ0) is 22.7. The number of rotatable bonds is 6. The Balaban J connectivity index is 1.56. The van der Waals surface area contributed by atoms with Crippen LogP contribution in [0.15, 0.2) is 60.8 Å². The number of nitrogens with one attached hydrogen (secondary N) is 1. The molecule has 2 aromatic carbocycles. The molecule has 6 nitrogen and oxygen atoms in total. The topological polar surface area (TPSA) is 73.3 Å². The molecule has 6 heteroatoms. The van der Waals surface area contributed by atoms with Crippen molar-refractivity contribution in [3.05, 3.63) is 88.9 Å². The standard InChI is InChI=1S/C26H25N3O3/c1-16-12-19(13-17(2)29-16)15-28-26(30)21-6-5-7-24(18(21)3)32-25-10-11-27-23-14-20(31-4)8-9-22(23)25/h5-14H,15H2,1-4H3,(H,28,30). The summed E-state index contributed by atoms with van der Waals surface area (Å²) in [5.41, 5.74) is 5.00. The van der Waals surface area contributed by atoms with Gasteiger partial charge in [0.05, 0.1) is 12.6 Å². The first-order chi connectivity index (χ1) is 15.4. The minimum absolute atomic E-state index is 0.149. The van der Waals surface area contributed by atoms with Crippen LogP contribution in [0.1, 0.15) is 32.9 Å². The second kappa shape index (κ2) is 9.06. The number of amides is 1. The lowest BCUT2D eigenvalue weighted by molar-refractivity contribution is 0.0950. The fraction of sp³-hybridized carbons (Fsp3) is 0.192. The molecule has 0 saturated carbocycles. The van der Waals surface area contributed by atoms with Crippen molar-refractivity contribution in [1.82, 2.24) is 15.3 Å². The molecule has 0 radical (unpaired) electrons. The monoisotopic (exact) mass is 427 g/mol. The first-order valence-electron chi connectivity index (χ1n) is 10.4. The molecule has 0 bridgehead atoms. The molecule has 0 aliphatic rings. The van der Waals surface area contributed by atoms with Crippen LogP contribution in [0.5, 0.6) is 17.2 Å². The van der Waals surface area contributed by atoms with Crippen LogP contribution in [0.3, 0.4) is 0 Å². The summed E-state index contributed by atoms with van der Waals surface area (Å²) in [5, 5.41) is 3.86. The highest BCUT2D eigenvalue weighted by molar-refractivity contribution is 5.96. The molecule has 0 aliphatic carbocycles. The van der Waals surface area contributed by atoms with E-state index in [1.807, 2.05) is 69.3 Å². The van der Waals surface area contributed by atoms with E-state index in [9.17, 15) is 4.79 Å². The Hall–Kier alpha value is -3.93. The highest BCUT2D eigenvalue weighted by Gasteiger charge is 2.14. The number of methoxy groups -OCH3 is 1. The van der Waals surface area contributed by atoms with Gasteiger partial charge in [-0.15, -0.1) is 0 Å². The van der Waals surface area contributed by atoms with E-state index in [-0.39, 0.29) is 5.91 Å². The second-order valence-electron chi connectivity index (χ2n) is 7.66. The van der Waals surface area contributed by atoms with Crippen LogP contribution in [-0.2, 0) is 6.54 Å². The van der Waals surface area contributed by atoms with Crippen LogP contribution in [0.4, 0.5) is 0 Å². The molecule has 0 atom stereocenters. The molecule has 2 aromatic heterocycles. The van der Waals surface area contributed by atoms with Crippen molar-refractivity contribution in [2.24, 2.45) is 0 Å². The number of fused-ring (bicyclic) bond motifs is 1. The van der Waals surface area contributed by atoms with Crippen LogP contribution in [0, 0.1) is 20.8 Å². The molecule has 0 aliphatic heterocycles. The molecule has 2 heterocycles. The van der Waals surface area contributed by atoms with Gasteiger partial charge in [-0.05, 0) is 68.8 Å². The molecule has 162 valence electrons. The van der Waals surface area contributed by atoms with Crippen LogP contribution in [0.25, 0.3) is 10.9 Å². The highest BCUT2D eigenvalue weighted by atomic mass is 16.5. The minimum Gasteiger partial charge on any atom is -0.497 e. The molecule has 1 amide bonds. The van der Waals surface area contributed by atoms with Crippen molar-refractivity contribution in [1.29, 1.82) is 0 Å². The van der Waals surface area contributed by atoms with Gasteiger partial charge in [-0.25, -0.2) is 0 Å². The first kappa shape index (κ1) is 21.3. The van der Waals surface area contributed by atoms with Crippen LogP contribution < -0.4 is 14.8 Å². The van der Waals surface area contributed by atoms with E-state index in [0.29, 0.717) is 23.6 Å². The van der Waals surface area contributed by atoms with Gasteiger partial charge >= 0.3 is 0 Å². The Bertz CT molecular complexity index is 1280. The summed E-state index contributed by atoms with van der Waals surface area (Å²) < 4.78 is 11.5. The molecule has 0 fully saturated rings. The maximum Gasteiger partial charge on any atom is 0.251 e. The predicted octanol–water partition coefficient (Wildman–Crippen LogP) is 5.29. The smallest absolute Gasteiger partial charge is 0.251 e. The summed E-state index contributed by atoms with van der Waals surface area (Å²) in [7, 11) is 1.62. The Morgan fingerprint density at radius 1 is 0.969 bits per heavy atom. The third-order valence-corrected chi connectivity index (χ3v) is 5.25. The van der Waals surface area contributed by atoms with Gasteiger partial charge in [-0.2, -0.15) is 0 Å². The number of hydrogen-bond donors (Lipinski definition) is 1. The molecular formula is C26H25N3O3. The predicted molar refractivity (Wildman–Crippen MR) is 124 cm³/mol. The second-order valence-corrected chi connectivity index (χ2v) is 7.66. The number of nitrogens with zero attached hydrogens (tertiary/aromatic N) is 2. The Labute approximate surface area is 187 Å². The van der Waals surface area contributed by atoms with Gasteiger partial charge in [0.15, 0.2) is 0 Å². The lowest BCUT2D eigenvalue weighted by Crippen LogP contribution is -2.23. The Morgan fingerprint density at radius 3 is 2.50 bits per heavy atom. The quantitative estimate of drug-likeness (QED) is 0.453. The number of carbonyl (C=O) groups excluding carboxylic acids is 1. The zero-order valence-electron chi connectivity index (χ0n) is 18.6. The maximum absolute atomic E-state index is 12.9. The molecular weight excluding hydrogens is 402 g/mol. The van der Waals surface area contributed by atoms with Crippen molar-refractivity contribution in [3.63, 3.8) is 0 Å². The lowest BCUT2D eigenvalue weighted by atomic mass is 10.1. The van der Waals surface area contributed by atoms with E-state index < -0.39 is 0 Å². The first-order valence-corrected chi connectivity index (χ1v) is 10.4. The fourth-order valence-corrected chi connectivity index (χ4v) is 3.71. The van der Waals surface area contributed by atoms with Gasteiger partial charge in [-0.1, -0.05) is 6.07 Å². The van der Waals surface area contributed by atoms with E-state index in [0.717, 1.165) is 39.2 Å². The summed E-state index contributed by atoms with van der Waals surface area (Å²) in [4.78, 5) is 21.7. The fourth-order valence-electron chi connectivity index (χ4n) is 3.71. The number of ether oxygens (including phenoxy) is 2. The van der Waals surface area contributed by atoms with Gasteiger partial charge in [0.2, 0.25) is 0 Å². The average Bonchev–Trinajstić information content (AvgIpc) is 2.78. The molecule has 0 spiro atoms. The summed E-state index contributed by atoms with van der Waals surface area (Å²) in [5.74, 6) is 1.87. The van der Waals surface area contributed by atoms with Crippen LogP contribution in [0.2, 0.25) is 0 Å². The number of aromatic nitrogens is 2. The van der Waals surface area contributed by atoms with Gasteiger partial charge in [0.1, 0.15) is 17.2 Å². The number of hydrogen-bond acceptors (Lipinski definition) is 5. The maximum atomic E-state index is 12.9. The van der Waals surface area contributed by atoms with Gasteiger partial charge in [0.25, 0.3) is 5.91 Å². The average molecular weight is 428 g/mol. The van der Waals surface area contributed by atoms with E-state index >= 15 is 0 Å². The van der Waals surface area contributed by atoms with Crippen molar-refractivity contribution < 1.29 is 14.3 Å². The third-order valence-electron chi connectivity index (χ3n) is 5.25. The summed E-state index contributed by atoms with van der Waals surface area (Å²) in [6, 6.07) is 16.9. The Morgan fingerprint density at radius 2 is 1.75 bits per heavy atom. The molecule has 32 heavy (non-hydrogen) atoms. The van der Waals surface area contributed by atoms with Crippen LogP contribution >= 0.6 is 0 Å². The summed E-state index contributed by atoms with van der Waals surface area (Å²) >= 11 is 0. The van der Waals surface area contributed by atoms with Gasteiger partial charge in [0, 0.05) is 46.7 Å². The van der Waals surface area contributed by atoms with Gasteiger partial charge in [-0.3, -0.25) is 14.8 Å². The van der Waals surface area contributed by atoms with Crippen molar-refractivity contribution in [3.8, 4) is 17.2 Å². The zero-order valence-corrected chi connectivity index (χ0v) is 18.6. The van der Waals surface area contributed by atoms with Crippen molar-refractivity contribution in [2.45, 2.75) is 27.3 Å². The summed E-state index contributed by atoms with van der Waals surface area (Å²) in [6.07, 6.45) is 1.70. The normalized spacial score (nSPS) is 10.8. The van der Waals surface area contributed by atoms with Gasteiger partial charge < -0.3 is 14.8 Å². The van der Waals surface area contributed by atoms with E-state index in [4.69, 9.17) is 9.47 Å². The van der Waals surface area contributed by atoms with E-state index in [2.05, 4.69) is 15.3 Å².